The Kier molecular flexibility index (Phi) is 5.18. The number of hydrogen-bond acceptors (Lipinski definition) is 4. The highest BCUT2D eigenvalue weighted by molar-refractivity contribution is 5.81. The number of methoxy groups -OCH3 is 1. The zero-order chi connectivity index (χ0) is 11.1. The van der Waals surface area contributed by atoms with Crippen LogP contribution in [0.4, 0.5) is 0 Å². The second-order valence-electron chi connectivity index (χ2n) is 4.01. The summed E-state index contributed by atoms with van der Waals surface area (Å²) in [6, 6.07) is 0. The number of ether oxygens (including phenoxy) is 1. The van der Waals surface area contributed by atoms with Gasteiger partial charge in [-0.1, -0.05) is 0 Å². The molecule has 0 spiro atoms. The smallest absolute Gasteiger partial charge is 0.331 e. The van der Waals surface area contributed by atoms with E-state index >= 15 is 0 Å². The highest BCUT2D eigenvalue weighted by Gasteiger charge is 2.15. The van der Waals surface area contributed by atoms with E-state index in [2.05, 4.69) is 22.0 Å². The van der Waals surface area contributed by atoms with Crippen LogP contribution in [0.25, 0.3) is 0 Å². The molecule has 0 aliphatic carbocycles. The average Bonchev–Trinajstić information content (AvgIpc) is 2.26. The Hall–Kier alpha value is -1.03. The lowest BCUT2D eigenvalue weighted by atomic mass is 9.97. The third-order valence-corrected chi connectivity index (χ3v) is 2.78. The number of rotatable bonds is 4. The van der Waals surface area contributed by atoms with Gasteiger partial charge in [0, 0.05) is 18.8 Å². The summed E-state index contributed by atoms with van der Waals surface area (Å²) in [5.74, 6) is 0.411. The molecule has 0 amide bonds. The molecule has 0 bridgehead atoms. The molecule has 15 heavy (non-hydrogen) atoms. The van der Waals surface area contributed by atoms with E-state index in [1.54, 1.807) is 6.20 Å². The van der Waals surface area contributed by atoms with Gasteiger partial charge in [0.1, 0.15) is 0 Å². The van der Waals surface area contributed by atoms with Crippen molar-refractivity contribution >= 4 is 5.97 Å². The zero-order valence-corrected chi connectivity index (χ0v) is 9.53. The third-order valence-electron chi connectivity index (χ3n) is 2.78. The molecule has 0 radical (unpaired) electrons. The minimum Gasteiger partial charge on any atom is -0.466 e. The predicted molar refractivity (Wildman–Crippen MR) is 59.4 cm³/mol. The van der Waals surface area contributed by atoms with Crippen LogP contribution in [0.15, 0.2) is 12.3 Å². The summed E-state index contributed by atoms with van der Waals surface area (Å²) in [4.78, 5) is 13.1. The van der Waals surface area contributed by atoms with Gasteiger partial charge in [-0.25, -0.2) is 4.79 Å². The number of carbonyl (C=O) groups is 1. The van der Waals surface area contributed by atoms with Crippen molar-refractivity contribution in [3.63, 3.8) is 0 Å². The first-order chi connectivity index (χ1) is 7.22. The molecule has 0 aromatic carbocycles. The zero-order valence-electron chi connectivity index (χ0n) is 9.53. The molecule has 4 heteroatoms. The first-order valence-corrected chi connectivity index (χ1v) is 5.39. The van der Waals surface area contributed by atoms with Gasteiger partial charge in [-0.15, -0.1) is 0 Å². The highest BCUT2D eigenvalue weighted by atomic mass is 16.5. The third kappa shape index (κ3) is 4.83. The lowest BCUT2D eigenvalue weighted by Crippen LogP contribution is -2.33. The van der Waals surface area contributed by atoms with E-state index in [1.807, 2.05) is 0 Å². The van der Waals surface area contributed by atoms with Crippen LogP contribution in [0.3, 0.4) is 0 Å². The molecule has 0 aromatic heterocycles. The van der Waals surface area contributed by atoms with Gasteiger partial charge in [-0.2, -0.15) is 0 Å². The summed E-state index contributed by atoms with van der Waals surface area (Å²) in [5, 5.41) is 3.14. The van der Waals surface area contributed by atoms with E-state index in [0.717, 1.165) is 12.5 Å². The molecule has 4 nitrogen and oxygen atoms in total. The number of hydrogen-bond donors (Lipinski definition) is 1. The Morgan fingerprint density at radius 2 is 2.20 bits per heavy atom. The highest BCUT2D eigenvalue weighted by Crippen LogP contribution is 2.14. The number of nitrogens with zero attached hydrogens (tertiary/aromatic N) is 1. The van der Waals surface area contributed by atoms with Crippen molar-refractivity contribution in [2.75, 3.05) is 33.8 Å². The van der Waals surface area contributed by atoms with Gasteiger partial charge in [0.2, 0.25) is 0 Å². The second kappa shape index (κ2) is 6.45. The van der Waals surface area contributed by atoms with Crippen molar-refractivity contribution in [2.45, 2.75) is 12.8 Å². The summed E-state index contributed by atoms with van der Waals surface area (Å²) < 4.78 is 4.48. The molecule has 0 aromatic rings. The average molecular weight is 212 g/mol. The summed E-state index contributed by atoms with van der Waals surface area (Å²) in [6.07, 6.45) is 5.55. The number of nitrogens with one attached hydrogen (secondary N) is 1. The lowest BCUT2D eigenvalue weighted by Gasteiger charge is -2.28. The maximum atomic E-state index is 10.8. The quantitative estimate of drug-likeness (QED) is 0.547. The summed E-state index contributed by atoms with van der Waals surface area (Å²) >= 11 is 0. The molecule has 1 saturated heterocycles. The van der Waals surface area contributed by atoms with Crippen LogP contribution in [-0.2, 0) is 9.53 Å². The standard InChI is InChI=1S/C11H20N2O2/c1-13-7-4-10(5-8-13)9-12-6-3-11(14)15-2/h3,6,10,12H,4-5,7-9H2,1-2H3/b6-3+. The van der Waals surface area contributed by atoms with E-state index in [4.69, 9.17) is 0 Å². The first-order valence-electron chi connectivity index (χ1n) is 5.39. The monoisotopic (exact) mass is 212 g/mol. The summed E-state index contributed by atoms with van der Waals surface area (Å²) in [6.45, 7) is 3.29. The maximum Gasteiger partial charge on any atom is 0.331 e. The molecule has 1 aliphatic heterocycles. The molecular formula is C11H20N2O2. The van der Waals surface area contributed by atoms with Crippen LogP contribution in [0.1, 0.15) is 12.8 Å². The van der Waals surface area contributed by atoms with E-state index < -0.39 is 0 Å². The number of esters is 1. The molecule has 86 valence electrons. The SMILES string of the molecule is COC(=O)/C=C/NCC1CCN(C)CC1. The molecule has 0 saturated carbocycles. The van der Waals surface area contributed by atoms with Gasteiger partial charge < -0.3 is 15.0 Å². The Labute approximate surface area is 91.3 Å². The number of carbonyl (C=O) groups excluding carboxylic acids is 1. The van der Waals surface area contributed by atoms with Crippen LogP contribution in [0.2, 0.25) is 0 Å². The molecule has 0 unspecified atom stereocenters. The van der Waals surface area contributed by atoms with Crippen LogP contribution in [0.5, 0.6) is 0 Å². The van der Waals surface area contributed by atoms with Gasteiger partial charge in [-0.05, 0) is 38.9 Å². The second-order valence-corrected chi connectivity index (χ2v) is 4.01. The maximum absolute atomic E-state index is 10.8. The normalized spacial score (nSPS) is 19.3. The topological polar surface area (TPSA) is 41.6 Å². The predicted octanol–water partition coefficient (Wildman–Crippen LogP) is 0.605. The van der Waals surface area contributed by atoms with Gasteiger partial charge >= 0.3 is 5.97 Å². The molecule has 1 fully saturated rings. The van der Waals surface area contributed by atoms with Crippen LogP contribution >= 0.6 is 0 Å². The van der Waals surface area contributed by atoms with Crippen molar-refractivity contribution in [3.8, 4) is 0 Å². The number of piperidine rings is 1. The summed E-state index contributed by atoms with van der Waals surface area (Å²) in [5.41, 5.74) is 0. The van der Waals surface area contributed by atoms with Crippen molar-refractivity contribution in [3.05, 3.63) is 12.3 Å². The number of likely N-dealkylation sites (tertiary alicyclic amines) is 1. The van der Waals surface area contributed by atoms with E-state index in [1.165, 1.54) is 39.1 Å². The van der Waals surface area contributed by atoms with Crippen molar-refractivity contribution in [1.82, 2.24) is 10.2 Å². The molecule has 1 rings (SSSR count). The van der Waals surface area contributed by atoms with Gasteiger partial charge in [0.15, 0.2) is 0 Å². The molecule has 0 atom stereocenters. The Bertz CT molecular complexity index is 221. The molecule has 1 heterocycles. The Morgan fingerprint density at radius 1 is 1.53 bits per heavy atom. The minimum absolute atomic E-state index is 0.314. The summed E-state index contributed by atoms with van der Waals surface area (Å²) in [7, 11) is 3.53. The first kappa shape index (κ1) is 12.0. The van der Waals surface area contributed by atoms with Crippen LogP contribution in [-0.4, -0.2) is 44.7 Å². The van der Waals surface area contributed by atoms with Crippen molar-refractivity contribution in [2.24, 2.45) is 5.92 Å². The van der Waals surface area contributed by atoms with E-state index in [-0.39, 0.29) is 5.97 Å². The minimum atomic E-state index is -0.314. The van der Waals surface area contributed by atoms with Crippen LogP contribution in [0, 0.1) is 5.92 Å². The van der Waals surface area contributed by atoms with Gasteiger partial charge in [-0.3, -0.25) is 0 Å². The van der Waals surface area contributed by atoms with Gasteiger partial charge in [0.25, 0.3) is 0 Å². The fraction of sp³-hybridized carbons (Fsp3) is 0.727. The van der Waals surface area contributed by atoms with Gasteiger partial charge in [0.05, 0.1) is 7.11 Å². The van der Waals surface area contributed by atoms with Crippen molar-refractivity contribution in [1.29, 1.82) is 0 Å². The van der Waals surface area contributed by atoms with Crippen molar-refractivity contribution < 1.29 is 9.53 Å². The van der Waals surface area contributed by atoms with E-state index in [0.29, 0.717) is 0 Å². The molecule has 1 N–H and O–H groups in total. The van der Waals surface area contributed by atoms with E-state index in [9.17, 15) is 4.79 Å². The largest absolute Gasteiger partial charge is 0.466 e. The molecule has 1 aliphatic rings. The fourth-order valence-electron chi connectivity index (χ4n) is 1.70. The lowest BCUT2D eigenvalue weighted by molar-refractivity contribution is -0.134. The Balaban J connectivity index is 2.10. The Morgan fingerprint density at radius 3 is 2.80 bits per heavy atom. The fourth-order valence-corrected chi connectivity index (χ4v) is 1.70. The van der Waals surface area contributed by atoms with Crippen LogP contribution < -0.4 is 5.32 Å². The molecular weight excluding hydrogens is 192 g/mol.